The first-order valence-corrected chi connectivity index (χ1v) is 9.48. The van der Waals surface area contributed by atoms with Crippen LogP contribution in [0.25, 0.3) is 0 Å². The van der Waals surface area contributed by atoms with E-state index in [1.807, 2.05) is 24.3 Å². The zero-order chi connectivity index (χ0) is 19.2. The number of carbonyl (C=O) groups excluding carboxylic acids is 2. The number of rotatable bonds is 5. The van der Waals surface area contributed by atoms with Gasteiger partial charge < -0.3 is 25.0 Å². The maximum Gasteiger partial charge on any atom is 0.338 e. The molecule has 0 spiro atoms. The Kier molecular flexibility index (Phi) is 6.34. The maximum absolute atomic E-state index is 12.6. The summed E-state index contributed by atoms with van der Waals surface area (Å²) in [6.07, 6.45) is 4.83. The molecular formula is C20H28N3O4+. The molecule has 3 rings (SSSR count). The minimum absolute atomic E-state index is 0.298. The Morgan fingerprint density at radius 1 is 1.11 bits per heavy atom. The highest BCUT2D eigenvalue weighted by molar-refractivity contribution is 5.95. The van der Waals surface area contributed by atoms with Gasteiger partial charge in [0.15, 0.2) is 0 Å². The van der Waals surface area contributed by atoms with Gasteiger partial charge in [0.2, 0.25) is 0 Å². The summed E-state index contributed by atoms with van der Waals surface area (Å²) in [7, 11) is 2.97. The fraction of sp³-hybridized carbons (Fsp3) is 0.500. The van der Waals surface area contributed by atoms with E-state index < -0.39 is 12.0 Å². The van der Waals surface area contributed by atoms with Gasteiger partial charge >= 0.3 is 12.0 Å². The van der Waals surface area contributed by atoms with Gasteiger partial charge in [0.25, 0.3) is 0 Å². The summed E-state index contributed by atoms with van der Waals surface area (Å²) in [6.45, 7) is 2.72. The monoisotopic (exact) mass is 374 g/mol. The van der Waals surface area contributed by atoms with E-state index in [9.17, 15) is 9.59 Å². The molecule has 27 heavy (non-hydrogen) atoms. The van der Waals surface area contributed by atoms with Crippen LogP contribution < -0.4 is 20.3 Å². The number of likely N-dealkylation sites (tertiary alicyclic amines) is 1. The van der Waals surface area contributed by atoms with Crippen LogP contribution in [0.1, 0.15) is 37.3 Å². The van der Waals surface area contributed by atoms with E-state index in [0.29, 0.717) is 17.8 Å². The van der Waals surface area contributed by atoms with Crippen LogP contribution in [0.4, 0.5) is 4.79 Å². The van der Waals surface area contributed by atoms with E-state index in [2.05, 4.69) is 10.6 Å². The van der Waals surface area contributed by atoms with Gasteiger partial charge in [0, 0.05) is 0 Å². The van der Waals surface area contributed by atoms with E-state index in [1.54, 1.807) is 7.11 Å². The predicted molar refractivity (Wildman–Crippen MR) is 100 cm³/mol. The highest BCUT2D eigenvalue weighted by Gasteiger charge is 2.35. The van der Waals surface area contributed by atoms with Crippen LogP contribution in [-0.2, 0) is 9.53 Å². The summed E-state index contributed by atoms with van der Waals surface area (Å²) in [5.74, 6) is 0.296. The lowest BCUT2D eigenvalue weighted by Crippen LogP contribution is -3.12. The molecule has 0 bridgehead atoms. The average molecular weight is 374 g/mol. The lowest BCUT2D eigenvalue weighted by molar-refractivity contribution is -0.894. The number of hydrogen-bond acceptors (Lipinski definition) is 4. The third-order valence-electron chi connectivity index (χ3n) is 5.25. The lowest BCUT2D eigenvalue weighted by Gasteiger charge is -2.30. The van der Waals surface area contributed by atoms with Gasteiger partial charge in [-0.2, -0.15) is 0 Å². The number of esters is 1. The zero-order valence-corrected chi connectivity index (χ0v) is 16.0. The molecule has 1 fully saturated rings. The molecule has 2 heterocycles. The van der Waals surface area contributed by atoms with Gasteiger partial charge in [0.05, 0.1) is 44.6 Å². The molecule has 0 aromatic heterocycles. The molecule has 7 nitrogen and oxygen atoms in total. The standard InChI is InChI=1S/C20H27N3O4/c1-26-15-9-7-14(8-10-15)18-17(19(24)27-2)16(21-20(25)22-18)13-23-11-5-3-4-6-12-23/h7-10,18H,3-6,11-13H2,1-2H3,(H2,21,22,25)/p+1/t18-/m0/s1. The number of quaternary nitrogens is 1. The van der Waals surface area contributed by atoms with Crippen molar-refractivity contribution in [2.45, 2.75) is 31.7 Å². The third-order valence-corrected chi connectivity index (χ3v) is 5.25. The average Bonchev–Trinajstić information content (AvgIpc) is 2.96. The topological polar surface area (TPSA) is 81.1 Å². The molecule has 1 aromatic carbocycles. The number of urea groups is 1. The minimum atomic E-state index is -0.543. The summed E-state index contributed by atoms with van der Waals surface area (Å²) in [5.41, 5.74) is 1.94. The molecule has 0 saturated carbocycles. The Morgan fingerprint density at radius 3 is 2.37 bits per heavy atom. The van der Waals surface area contributed by atoms with E-state index in [4.69, 9.17) is 9.47 Å². The zero-order valence-electron chi connectivity index (χ0n) is 16.0. The molecule has 0 radical (unpaired) electrons. The highest BCUT2D eigenvalue weighted by Crippen LogP contribution is 2.28. The Hall–Kier alpha value is -2.54. The fourth-order valence-corrected chi connectivity index (χ4v) is 3.81. The first-order valence-electron chi connectivity index (χ1n) is 9.48. The summed E-state index contributed by atoms with van der Waals surface area (Å²) in [6, 6.07) is 6.50. The fourth-order valence-electron chi connectivity index (χ4n) is 3.81. The number of benzene rings is 1. The first-order chi connectivity index (χ1) is 13.1. The molecule has 1 aromatic rings. The van der Waals surface area contributed by atoms with Crippen LogP contribution in [0.15, 0.2) is 35.5 Å². The lowest BCUT2D eigenvalue weighted by atomic mass is 9.95. The van der Waals surface area contributed by atoms with Gasteiger partial charge in [-0.1, -0.05) is 12.1 Å². The van der Waals surface area contributed by atoms with Crippen LogP contribution in [0.5, 0.6) is 5.75 Å². The number of methoxy groups -OCH3 is 2. The normalized spacial score (nSPS) is 21.1. The van der Waals surface area contributed by atoms with Crippen molar-refractivity contribution in [2.24, 2.45) is 0 Å². The number of nitrogens with one attached hydrogen (secondary N) is 3. The molecule has 0 aliphatic carbocycles. The molecule has 2 amide bonds. The molecule has 1 saturated heterocycles. The molecule has 146 valence electrons. The predicted octanol–water partition coefficient (Wildman–Crippen LogP) is 0.935. The molecule has 2 aliphatic heterocycles. The van der Waals surface area contributed by atoms with Crippen LogP contribution in [0.2, 0.25) is 0 Å². The minimum Gasteiger partial charge on any atom is -0.497 e. The largest absolute Gasteiger partial charge is 0.497 e. The number of amides is 2. The van der Waals surface area contributed by atoms with Gasteiger partial charge in [-0.15, -0.1) is 0 Å². The van der Waals surface area contributed by atoms with Crippen molar-refractivity contribution in [1.82, 2.24) is 10.6 Å². The van der Waals surface area contributed by atoms with Crippen LogP contribution in [0.3, 0.4) is 0 Å². The van der Waals surface area contributed by atoms with Crippen LogP contribution >= 0.6 is 0 Å². The summed E-state index contributed by atoms with van der Waals surface area (Å²) < 4.78 is 10.2. The Morgan fingerprint density at radius 2 is 1.78 bits per heavy atom. The second-order valence-electron chi connectivity index (χ2n) is 7.03. The summed E-state index contributed by atoms with van der Waals surface area (Å²) in [4.78, 5) is 26.3. The second-order valence-corrected chi connectivity index (χ2v) is 7.03. The van der Waals surface area contributed by atoms with E-state index in [0.717, 1.165) is 24.4 Å². The second kappa shape index (κ2) is 8.90. The van der Waals surface area contributed by atoms with Gasteiger partial charge in [-0.25, -0.2) is 9.59 Å². The number of carbonyl (C=O) groups is 2. The molecule has 1 atom stereocenters. The molecule has 7 heteroatoms. The van der Waals surface area contributed by atoms with Crippen molar-refractivity contribution in [2.75, 3.05) is 33.9 Å². The van der Waals surface area contributed by atoms with E-state index in [-0.39, 0.29) is 6.03 Å². The molecule has 0 unspecified atom stereocenters. The van der Waals surface area contributed by atoms with Gasteiger partial charge in [-0.05, 0) is 43.4 Å². The smallest absolute Gasteiger partial charge is 0.338 e. The maximum atomic E-state index is 12.6. The van der Waals surface area contributed by atoms with Crippen molar-refractivity contribution in [3.63, 3.8) is 0 Å². The summed E-state index contributed by atoms with van der Waals surface area (Å²) >= 11 is 0. The quantitative estimate of drug-likeness (QED) is 0.670. The highest BCUT2D eigenvalue weighted by atomic mass is 16.5. The summed E-state index contributed by atoms with van der Waals surface area (Å²) in [5, 5.41) is 5.71. The SMILES string of the molecule is COC(=O)C1=C(C[NH+]2CCCCCC2)NC(=O)N[C@H]1c1ccc(OC)cc1. The third kappa shape index (κ3) is 4.60. The Balaban J connectivity index is 1.94. The van der Waals surface area contributed by atoms with Crippen LogP contribution in [0, 0.1) is 0 Å². The van der Waals surface area contributed by atoms with Crippen molar-refractivity contribution < 1.29 is 24.0 Å². The molecule has 2 aliphatic rings. The molecule has 3 N–H and O–H groups in total. The van der Waals surface area contributed by atoms with E-state index in [1.165, 1.54) is 37.7 Å². The number of ether oxygens (including phenoxy) is 2. The Labute approximate surface area is 159 Å². The Bertz CT molecular complexity index is 706. The van der Waals surface area contributed by atoms with Crippen molar-refractivity contribution in [3.8, 4) is 5.75 Å². The van der Waals surface area contributed by atoms with Crippen molar-refractivity contribution >= 4 is 12.0 Å². The number of hydrogen-bond donors (Lipinski definition) is 3. The van der Waals surface area contributed by atoms with Gasteiger partial charge in [0.1, 0.15) is 12.3 Å². The van der Waals surface area contributed by atoms with Crippen molar-refractivity contribution in [3.05, 3.63) is 41.1 Å². The first kappa shape index (κ1) is 19.2. The van der Waals surface area contributed by atoms with Gasteiger partial charge in [-0.3, -0.25) is 0 Å². The van der Waals surface area contributed by atoms with E-state index >= 15 is 0 Å². The molecular weight excluding hydrogens is 346 g/mol. The van der Waals surface area contributed by atoms with Crippen LogP contribution in [-0.4, -0.2) is 45.9 Å². The van der Waals surface area contributed by atoms with Crippen molar-refractivity contribution in [1.29, 1.82) is 0 Å².